The van der Waals surface area contributed by atoms with Crippen LogP contribution in [0.3, 0.4) is 0 Å². The van der Waals surface area contributed by atoms with Crippen LogP contribution >= 0.6 is 0 Å². The summed E-state index contributed by atoms with van der Waals surface area (Å²) >= 11 is 0. The van der Waals surface area contributed by atoms with Crippen LogP contribution < -0.4 is 10.4 Å². The Morgan fingerprint density at radius 3 is 2.27 bits per heavy atom. The smallest absolute Gasteiger partial charge is 0.277 e. The first-order valence-electron chi connectivity index (χ1n) is 11.5. The summed E-state index contributed by atoms with van der Waals surface area (Å²) in [4.78, 5) is 24.1. The van der Waals surface area contributed by atoms with Crippen molar-refractivity contribution in [3.8, 4) is 0 Å². The summed E-state index contributed by atoms with van der Waals surface area (Å²) in [6.07, 6.45) is 11.9. The average Bonchev–Trinajstić information content (AvgIpc) is 3.03. The fourth-order valence-corrected chi connectivity index (χ4v) is 4.77. The van der Waals surface area contributed by atoms with Crippen molar-refractivity contribution in [1.29, 1.82) is 0 Å². The van der Waals surface area contributed by atoms with Gasteiger partial charge in [-0.3, -0.25) is 4.79 Å². The molecule has 33 heavy (non-hydrogen) atoms. The van der Waals surface area contributed by atoms with E-state index in [-0.39, 0.29) is 16.7 Å². The van der Waals surface area contributed by atoms with Crippen LogP contribution in [-0.2, 0) is 25.5 Å². The molecular formula is C26H34N4O3. The molecule has 0 bridgehead atoms. The van der Waals surface area contributed by atoms with Gasteiger partial charge in [-0.25, -0.2) is 15.4 Å². The Labute approximate surface area is 196 Å². The fourth-order valence-electron chi connectivity index (χ4n) is 4.77. The zero-order chi connectivity index (χ0) is 23.8. The summed E-state index contributed by atoms with van der Waals surface area (Å²) in [5.41, 5.74) is 8.83. The summed E-state index contributed by atoms with van der Waals surface area (Å²) < 4.78 is 0. The molecule has 1 N–H and O–H groups in total. The van der Waals surface area contributed by atoms with Gasteiger partial charge in [0, 0.05) is 25.8 Å². The molecule has 4 rings (SSSR count). The standard InChI is InChI=1S/C26H34N4O3/c1-25(2)12-14-30-15-13-26(3,4)21-17-18(16-20(25)22(21)30)10-8-7-9-11-19-23(28-33-32-6)27-29(5)24(19)31/h7-11,16-17H,12-15H2,1-6H3,(H,27,28)/b9-7+,10-8+,19-11-. The molecule has 0 saturated heterocycles. The summed E-state index contributed by atoms with van der Waals surface area (Å²) in [6, 6.07) is 4.70. The van der Waals surface area contributed by atoms with Crippen molar-refractivity contribution < 1.29 is 14.7 Å². The van der Waals surface area contributed by atoms with Crippen LogP contribution in [0.15, 0.2) is 47.1 Å². The number of allylic oxidation sites excluding steroid dienone is 4. The molecule has 0 atom stereocenters. The van der Waals surface area contributed by atoms with Crippen LogP contribution in [0, 0.1) is 0 Å². The van der Waals surface area contributed by atoms with Gasteiger partial charge in [0.15, 0.2) is 5.84 Å². The Bertz CT molecular complexity index is 1020. The van der Waals surface area contributed by atoms with E-state index >= 15 is 0 Å². The highest BCUT2D eigenvalue weighted by molar-refractivity contribution is 6.23. The Morgan fingerprint density at radius 1 is 1.03 bits per heavy atom. The van der Waals surface area contributed by atoms with Gasteiger partial charge in [0.2, 0.25) is 0 Å². The van der Waals surface area contributed by atoms with Gasteiger partial charge in [0.25, 0.3) is 5.91 Å². The molecule has 0 radical (unpaired) electrons. The number of hydrazone groups is 1. The van der Waals surface area contributed by atoms with Gasteiger partial charge in [-0.05, 0) is 58.6 Å². The predicted octanol–water partition coefficient (Wildman–Crippen LogP) is 4.22. The summed E-state index contributed by atoms with van der Waals surface area (Å²) in [7, 11) is 2.96. The lowest BCUT2D eigenvalue weighted by molar-refractivity contribution is -0.300. The van der Waals surface area contributed by atoms with Crippen LogP contribution in [0.5, 0.6) is 0 Å². The summed E-state index contributed by atoms with van der Waals surface area (Å²) in [6.45, 7) is 11.7. The minimum atomic E-state index is -0.214. The molecule has 3 aliphatic rings. The number of benzene rings is 1. The molecule has 3 aliphatic heterocycles. The second-order valence-corrected chi connectivity index (χ2v) is 10.2. The highest BCUT2D eigenvalue weighted by Gasteiger charge is 2.39. The number of hydrogen-bond acceptors (Lipinski definition) is 6. The van der Waals surface area contributed by atoms with Gasteiger partial charge in [-0.1, -0.05) is 52.0 Å². The zero-order valence-corrected chi connectivity index (χ0v) is 20.4. The Hall–Kier alpha value is -2.90. The third-order valence-electron chi connectivity index (χ3n) is 6.95. The molecule has 1 aromatic carbocycles. The lowest BCUT2D eigenvalue weighted by Crippen LogP contribution is -2.44. The third kappa shape index (κ3) is 4.48. The molecule has 1 aromatic rings. The second kappa shape index (κ2) is 8.80. The van der Waals surface area contributed by atoms with E-state index in [4.69, 9.17) is 4.99 Å². The molecule has 0 saturated carbocycles. The van der Waals surface area contributed by atoms with Crippen LogP contribution in [-0.4, -0.2) is 44.0 Å². The van der Waals surface area contributed by atoms with E-state index < -0.39 is 0 Å². The van der Waals surface area contributed by atoms with Gasteiger partial charge in [0.05, 0.1) is 12.7 Å². The number of amidine groups is 1. The first kappa shape index (κ1) is 23.3. The van der Waals surface area contributed by atoms with E-state index in [1.807, 2.05) is 18.2 Å². The average molecular weight is 451 g/mol. The van der Waals surface area contributed by atoms with Crippen molar-refractivity contribution in [1.82, 2.24) is 10.5 Å². The number of likely N-dealkylation sites (N-methyl/N-ethyl adjacent to an activating group) is 1. The van der Waals surface area contributed by atoms with Crippen molar-refractivity contribution in [2.45, 2.75) is 51.4 Å². The zero-order valence-electron chi connectivity index (χ0n) is 20.4. The van der Waals surface area contributed by atoms with E-state index in [1.165, 1.54) is 47.3 Å². The van der Waals surface area contributed by atoms with Crippen molar-refractivity contribution in [3.63, 3.8) is 0 Å². The van der Waals surface area contributed by atoms with Crippen LogP contribution in [0.4, 0.5) is 5.69 Å². The van der Waals surface area contributed by atoms with Gasteiger partial charge >= 0.3 is 0 Å². The molecular weight excluding hydrogens is 416 g/mol. The van der Waals surface area contributed by atoms with Crippen molar-refractivity contribution >= 4 is 23.5 Å². The van der Waals surface area contributed by atoms with E-state index in [1.54, 1.807) is 13.1 Å². The van der Waals surface area contributed by atoms with Crippen LogP contribution in [0.2, 0.25) is 0 Å². The maximum Gasteiger partial charge on any atom is 0.277 e. The lowest BCUT2D eigenvalue weighted by atomic mass is 9.69. The van der Waals surface area contributed by atoms with Gasteiger partial charge < -0.3 is 4.90 Å². The third-order valence-corrected chi connectivity index (χ3v) is 6.95. The van der Waals surface area contributed by atoms with E-state index in [9.17, 15) is 4.79 Å². The molecule has 0 spiro atoms. The first-order valence-corrected chi connectivity index (χ1v) is 11.5. The second-order valence-electron chi connectivity index (χ2n) is 10.2. The quantitative estimate of drug-likeness (QED) is 0.315. The summed E-state index contributed by atoms with van der Waals surface area (Å²) in [5, 5.41) is 5.35. The number of nitrogens with zero attached hydrogens (tertiary/aromatic N) is 3. The van der Waals surface area contributed by atoms with Crippen LogP contribution in [0.25, 0.3) is 6.08 Å². The topological polar surface area (TPSA) is 66.4 Å². The molecule has 0 unspecified atom stereocenters. The highest BCUT2D eigenvalue weighted by Crippen LogP contribution is 2.49. The SMILES string of the molecule is COONC1=NN(C)C(=O)\C1=C/C=C/C=C/c1cc2c3c(c1)C(C)(C)CCN3CCC2(C)C. The van der Waals surface area contributed by atoms with E-state index in [2.05, 4.69) is 66.3 Å². The Kier molecular flexibility index (Phi) is 6.20. The van der Waals surface area contributed by atoms with Crippen LogP contribution in [0.1, 0.15) is 57.2 Å². The number of anilines is 1. The summed E-state index contributed by atoms with van der Waals surface area (Å²) in [5.74, 6) is 0.0921. The molecule has 0 aliphatic carbocycles. The molecule has 0 fully saturated rings. The molecule has 7 heteroatoms. The minimum Gasteiger partial charge on any atom is -0.371 e. The number of hydrogen-bond donors (Lipinski definition) is 1. The Morgan fingerprint density at radius 2 is 1.67 bits per heavy atom. The molecule has 176 valence electrons. The number of carbonyl (C=O) groups is 1. The minimum absolute atomic E-state index is 0.167. The van der Waals surface area contributed by atoms with Crippen molar-refractivity contribution in [3.05, 3.63) is 58.7 Å². The first-order chi connectivity index (χ1) is 15.6. The number of amides is 1. The Balaban J connectivity index is 1.58. The van der Waals surface area contributed by atoms with Gasteiger partial charge in [-0.2, -0.15) is 0 Å². The fraction of sp³-hybridized carbons (Fsp3) is 0.462. The van der Waals surface area contributed by atoms with E-state index in [0.29, 0.717) is 11.4 Å². The predicted molar refractivity (Wildman–Crippen MR) is 132 cm³/mol. The van der Waals surface area contributed by atoms with E-state index in [0.717, 1.165) is 13.1 Å². The number of hydroxylamine groups is 1. The number of nitrogens with one attached hydrogen (secondary N) is 1. The number of carbonyl (C=O) groups excluding carboxylic acids is 1. The molecule has 1 amide bonds. The maximum atomic E-state index is 12.3. The van der Waals surface area contributed by atoms with Gasteiger partial charge in [-0.15, -0.1) is 10.1 Å². The largest absolute Gasteiger partial charge is 0.371 e. The highest BCUT2D eigenvalue weighted by atomic mass is 17.3. The number of rotatable bonds is 5. The monoisotopic (exact) mass is 450 g/mol. The van der Waals surface area contributed by atoms with Gasteiger partial charge in [0.1, 0.15) is 0 Å². The van der Waals surface area contributed by atoms with Crippen molar-refractivity contribution in [2.24, 2.45) is 5.10 Å². The molecule has 0 aromatic heterocycles. The molecule has 7 nitrogen and oxygen atoms in total. The normalized spacial score (nSPS) is 22.4. The lowest BCUT2D eigenvalue weighted by Gasteiger charge is -2.48. The molecule has 3 heterocycles. The van der Waals surface area contributed by atoms with Crippen molar-refractivity contribution in [2.75, 3.05) is 32.1 Å². The maximum absolute atomic E-state index is 12.3.